The standard InChI is InChI=1S/C15H18N6O/c16-15-17-14-11-20(5-6-21(14)18-15)13-3-1-12(2-4-13)19-7-9-22-10-8-19/h1-6H,7-11H2,(H2,16,18). The van der Waals surface area contributed by atoms with Crippen LogP contribution >= 0.6 is 0 Å². The fourth-order valence-corrected chi connectivity index (χ4v) is 2.80. The molecule has 0 atom stereocenters. The Labute approximate surface area is 128 Å². The number of nitrogen functional groups attached to an aromatic ring is 1. The van der Waals surface area contributed by atoms with Crippen molar-refractivity contribution in [3.8, 4) is 0 Å². The lowest BCUT2D eigenvalue weighted by Crippen LogP contribution is -2.36. The monoisotopic (exact) mass is 298 g/mol. The Bertz CT molecular complexity index is 687. The van der Waals surface area contributed by atoms with E-state index in [1.165, 1.54) is 5.69 Å². The van der Waals surface area contributed by atoms with Gasteiger partial charge < -0.3 is 20.3 Å². The highest BCUT2D eigenvalue weighted by Gasteiger charge is 2.16. The first-order chi connectivity index (χ1) is 10.8. The molecular weight excluding hydrogens is 280 g/mol. The summed E-state index contributed by atoms with van der Waals surface area (Å²) in [5.74, 6) is 1.15. The van der Waals surface area contributed by atoms with Crippen molar-refractivity contribution in [2.24, 2.45) is 0 Å². The summed E-state index contributed by atoms with van der Waals surface area (Å²) in [4.78, 5) is 8.71. The van der Waals surface area contributed by atoms with Gasteiger partial charge in [-0.25, -0.2) is 4.68 Å². The average molecular weight is 298 g/mol. The number of morpholine rings is 1. The summed E-state index contributed by atoms with van der Waals surface area (Å²) in [6, 6.07) is 8.57. The SMILES string of the molecule is Nc1nc2n(n1)C=CN(c1ccc(N3CCOCC3)cc1)C2. The molecule has 0 aliphatic carbocycles. The van der Waals surface area contributed by atoms with E-state index in [0.717, 1.165) is 37.8 Å². The Hall–Kier alpha value is -2.54. The van der Waals surface area contributed by atoms with Gasteiger partial charge in [0.05, 0.1) is 19.8 Å². The Morgan fingerprint density at radius 3 is 2.50 bits per heavy atom. The third-order valence-electron chi connectivity index (χ3n) is 3.98. The Balaban J connectivity index is 1.51. The molecule has 0 spiro atoms. The molecule has 7 nitrogen and oxygen atoms in total. The molecule has 3 heterocycles. The maximum atomic E-state index is 5.63. The van der Waals surface area contributed by atoms with E-state index < -0.39 is 0 Å². The number of hydrogen-bond acceptors (Lipinski definition) is 6. The molecule has 2 aliphatic heterocycles. The molecule has 1 aromatic heterocycles. The first kappa shape index (κ1) is 13.1. The Kier molecular flexibility index (Phi) is 3.19. The van der Waals surface area contributed by atoms with Gasteiger partial charge in [0.1, 0.15) is 0 Å². The van der Waals surface area contributed by atoms with Crippen LogP contribution in [0.3, 0.4) is 0 Å². The van der Waals surface area contributed by atoms with Crippen molar-refractivity contribution in [3.63, 3.8) is 0 Å². The van der Waals surface area contributed by atoms with Gasteiger partial charge in [0.15, 0.2) is 5.82 Å². The van der Waals surface area contributed by atoms with Gasteiger partial charge in [0.2, 0.25) is 5.95 Å². The summed E-state index contributed by atoms with van der Waals surface area (Å²) in [5.41, 5.74) is 8.00. The van der Waals surface area contributed by atoms with Crippen LogP contribution in [0.5, 0.6) is 0 Å². The van der Waals surface area contributed by atoms with Gasteiger partial charge in [-0.05, 0) is 24.3 Å². The number of fused-ring (bicyclic) bond motifs is 1. The molecule has 0 bridgehead atoms. The first-order valence-corrected chi connectivity index (χ1v) is 7.38. The Morgan fingerprint density at radius 2 is 1.73 bits per heavy atom. The van der Waals surface area contributed by atoms with Crippen LogP contribution in [0.1, 0.15) is 5.82 Å². The highest BCUT2D eigenvalue weighted by molar-refractivity contribution is 5.59. The van der Waals surface area contributed by atoms with Crippen molar-refractivity contribution in [1.29, 1.82) is 0 Å². The van der Waals surface area contributed by atoms with E-state index in [9.17, 15) is 0 Å². The second kappa shape index (κ2) is 5.34. The van der Waals surface area contributed by atoms with Crippen molar-refractivity contribution in [2.45, 2.75) is 6.54 Å². The maximum absolute atomic E-state index is 5.63. The highest BCUT2D eigenvalue weighted by atomic mass is 16.5. The zero-order valence-corrected chi connectivity index (χ0v) is 12.2. The fourth-order valence-electron chi connectivity index (χ4n) is 2.80. The lowest BCUT2D eigenvalue weighted by atomic mass is 10.2. The minimum absolute atomic E-state index is 0.309. The van der Waals surface area contributed by atoms with Gasteiger partial charge in [-0.3, -0.25) is 0 Å². The summed E-state index contributed by atoms with van der Waals surface area (Å²) >= 11 is 0. The minimum atomic E-state index is 0.309. The van der Waals surface area contributed by atoms with Crippen LogP contribution in [0.15, 0.2) is 30.5 Å². The van der Waals surface area contributed by atoms with Crippen molar-refractivity contribution < 1.29 is 4.74 Å². The highest BCUT2D eigenvalue weighted by Crippen LogP contribution is 2.24. The molecule has 0 unspecified atom stereocenters. The number of benzene rings is 1. The number of ether oxygens (including phenoxy) is 1. The molecule has 2 aromatic rings. The third kappa shape index (κ3) is 2.39. The van der Waals surface area contributed by atoms with Crippen LogP contribution < -0.4 is 15.5 Å². The zero-order chi connectivity index (χ0) is 14.9. The van der Waals surface area contributed by atoms with Gasteiger partial charge >= 0.3 is 0 Å². The molecule has 1 saturated heterocycles. The van der Waals surface area contributed by atoms with Crippen LogP contribution in [0.4, 0.5) is 17.3 Å². The average Bonchev–Trinajstić information content (AvgIpc) is 2.95. The molecular formula is C15H18N6O. The fraction of sp³-hybridized carbons (Fsp3) is 0.333. The molecule has 0 saturated carbocycles. The van der Waals surface area contributed by atoms with Crippen LogP contribution in [0.25, 0.3) is 6.20 Å². The van der Waals surface area contributed by atoms with Crippen molar-refractivity contribution in [3.05, 3.63) is 36.3 Å². The predicted octanol–water partition coefficient (Wildman–Crippen LogP) is 1.15. The molecule has 0 amide bonds. The molecule has 22 heavy (non-hydrogen) atoms. The van der Waals surface area contributed by atoms with E-state index in [0.29, 0.717) is 12.5 Å². The van der Waals surface area contributed by atoms with Crippen molar-refractivity contribution in [1.82, 2.24) is 14.8 Å². The summed E-state index contributed by atoms with van der Waals surface area (Å²) in [5, 5.41) is 4.11. The summed E-state index contributed by atoms with van der Waals surface area (Å²) in [6.07, 6.45) is 3.86. The summed E-state index contributed by atoms with van der Waals surface area (Å²) in [7, 11) is 0. The number of rotatable bonds is 2. The second-order valence-corrected chi connectivity index (χ2v) is 5.37. The topological polar surface area (TPSA) is 72.4 Å². The molecule has 0 radical (unpaired) electrons. The van der Waals surface area contributed by atoms with E-state index in [4.69, 9.17) is 10.5 Å². The summed E-state index contributed by atoms with van der Waals surface area (Å²) < 4.78 is 7.11. The lowest BCUT2D eigenvalue weighted by molar-refractivity contribution is 0.122. The molecule has 2 N–H and O–H groups in total. The van der Waals surface area contributed by atoms with Gasteiger partial charge in [-0.2, -0.15) is 4.98 Å². The van der Waals surface area contributed by atoms with Crippen LogP contribution in [-0.2, 0) is 11.3 Å². The van der Waals surface area contributed by atoms with Gasteiger partial charge in [-0.1, -0.05) is 0 Å². The number of nitrogens with two attached hydrogens (primary N) is 1. The number of aromatic nitrogens is 3. The third-order valence-corrected chi connectivity index (χ3v) is 3.98. The van der Waals surface area contributed by atoms with Crippen LogP contribution in [0, 0.1) is 0 Å². The number of nitrogens with zero attached hydrogens (tertiary/aromatic N) is 5. The van der Waals surface area contributed by atoms with Gasteiger partial charge in [0.25, 0.3) is 0 Å². The van der Waals surface area contributed by atoms with Crippen molar-refractivity contribution >= 4 is 23.5 Å². The molecule has 1 aromatic carbocycles. The largest absolute Gasteiger partial charge is 0.378 e. The minimum Gasteiger partial charge on any atom is -0.378 e. The predicted molar refractivity (Wildman–Crippen MR) is 85.4 cm³/mol. The van der Waals surface area contributed by atoms with E-state index in [1.54, 1.807) is 4.68 Å². The van der Waals surface area contributed by atoms with E-state index in [2.05, 4.69) is 44.1 Å². The zero-order valence-electron chi connectivity index (χ0n) is 12.2. The number of hydrogen-bond donors (Lipinski definition) is 1. The quantitative estimate of drug-likeness (QED) is 0.896. The number of anilines is 3. The smallest absolute Gasteiger partial charge is 0.240 e. The van der Waals surface area contributed by atoms with E-state index >= 15 is 0 Å². The second-order valence-electron chi connectivity index (χ2n) is 5.37. The lowest BCUT2D eigenvalue weighted by Gasteiger charge is -2.29. The van der Waals surface area contributed by atoms with Crippen molar-refractivity contribution in [2.75, 3.05) is 41.8 Å². The molecule has 114 valence electrons. The molecule has 7 heteroatoms. The summed E-state index contributed by atoms with van der Waals surface area (Å²) in [6.45, 7) is 4.16. The van der Waals surface area contributed by atoms with Gasteiger partial charge in [0, 0.05) is 36.9 Å². The molecule has 2 aliphatic rings. The van der Waals surface area contributed by atoms with Gasteiger partial charge in [-0.15, -0.1) is 5.10 Å². The van der Waals surface area contributed by atoms with Crippen LogP contribution in [-0.4, -0.2) is 41.1 Å². The molecule has 1 fully saturated rings. The Morgan fingerprint density at radius 1 is 1.00 bits per heavy atom. The van der Waals surface area contributed by atoms with E-state index in [-0.39, 0.29) is 0 Å². The normalized spacial score (nSPS) is 17.6. The maximum Gasteiger partial charge on any atom is 0.240 e. The first-order valence-electron chi connectivity index (χ1n) is 7.38. The van der Waals surface area contributed by atoms with E-state index in [1.807, 2.05) is 12.4 Å². The van der Waals surface area contributed by atoms with Crippen LogP contribution in [0.2, 0.25) is 0 Å². The molecule has 4 rings (SSSR count).